The summed E-state index contributed by atoms with van der Waals surface area (Å²) in [7, 11) is 3.44. The molecule has 0 radical (unpaired) electrons. The highest BCUT2D eigenvalue weighted by Gasteiger charge is 2.11. The molecule has 0 unspecified atom stereocenters. The maximum Gasteiger partial charge on any atom is 0.137 e. The lowest BCUT2D eigenvalue weighted by atomic mass is 10.0. The minimum Gasteiger partial charge on any atom is -0.495 e. The number of hydrogen-bond acceptors (Lipinski definition) is 4. The number of benzene rings is 1. The molecule has 1 heterocycles. The highest BCUT2D eigenvalue weighted by Crippen LogP contribution is 2.33. The van der Waals surface area contributed by atoms with E-state index in [2.05, 4.69) is 15.3 Å². The lowest BCUT2D eigenvalue weighted by Gasteiger charge is -2.11. The van der Waals surface area contributed by atoms with Crippen molar-refractivity contribution in [3.63, 3.8) is 0 Å². The van der Waals surface area contributed by atoms with Gasteiger partial charge in [0.05, 0.1) is 17.8 Å². The predicted octanol–water partition coefficient (Wildman–Crippen LogP) is 3.46. The number of aromatic nitrogens is 2. The molecule has 5 heteroatoms. The smallest absolute Gasteiger partial charge is 0.137 e. The molecule has 0 aliphatic rings. The van der Waals surface area contributed by atoms with Gasteiger partial charge in [0.15, 0.2) is 0 Å². The lowest BCUT2D eigenvalue weighted by molar-refractivity contribution is 0.415. The van der Waals surface area contributed by atoms with Gasteiger partial charge >= 0.3 is 0 Å². The predicted molar refractivity (Wildman–Crippen MR) is 78.1 cm³/mol. The van der Waals surface area contributed by atoms with Crippen LogP contribution in [0.4, 0.5) is 5.82 Å². The van der Waals surface area contributed by atoms with Crippen molar-refractivity contribution in [3.8, 4) is 17.0 Å². The summed E-state index contributed by atoms with van der Waals surface area (Å²) in [4.78, 5) is 8.74. The third-order valence-electron chi connectivity index (χ3n) is 2.87. The molecular formula is C14H16ClN3O. The van der Waals surface area contributed by atoms with E-state index in [0.717, 1.165) is 22.6 Å². The first-order valence-electron chi connectivity index (χ1n) is 5.93. The lowest BCUT2D eigenvalue weighted by Crippen LogP contribution is -1.99. The van der Waals surface area contributed by atoms with Crippen molar-refractivity contribution in [2.45, 2.75) is 13.8 Å². The summed E-state index contributed by atoms with van der Waals surface area (Å²) < 4.78 is 5.21. The van der Waals surface area contributed by atoms with Gasteiger partial charge in [-0.25, -0.2) is 9.97 Å². The van der Waals surface area contributed by atoms with Crippen molar-refractivity contribution in [1.82, 2.24) is 9.97 Å². The van der Waals surface area contributed by atoms with Gasteiger partial charge in [-0.3, -0.25) is 0 Å². The first kappa shape index (κ1) is 13.6. The molecular weight excluding hydrogens is 262 g/mol. The molecule has 0 atom stereocenters. The molecule has 0 fully saturated rings. The van der Waals surface area contributed by atoms with Gasteiger partial charge in [0.2, 0.25) is 0 Å². The van der Waals surface area contributed by atoms with Gasteiger partial charge in [-0.1, -0.05) is 11.6 Å². The van der Waals surface area contributed by atoms with E-state index in [0.29, 0.717) is 16.6 Å². The van der Waals surface area contributed by atoms with Crippen LogP contribution in [0.3, 0.4) is 0 Å². The normalized spacial score (nSPS) is 10.4. The molecule has 2 aromatic rings. The number of nitrogens with zero attached hydrogens (tertiary/aromatic N) is 2. The van der Waals surface area contributed by atoms with Crippen molar-refractivity contribution >= 4 is 17.4 Å². The molecule has 4 nitrogen and oxygen atoms in total. The molecule has 100 valence electrons. The number of ether oxygens (including phenoxy) is 1. The SMILES string of the molecule is CNc1cc(-c2cc(Cl)c(OC)cc2C)nc(C)n1. The number of hydrogen-bond donors (Lipinski definition) is 1. The Morgan fingerprint density at radius 1 is 1.16 bits per heavy atom. The number of methoxy groups -OCH3 is 1. The fraction of sp³-hybridized carbons (Fsp3) is 0.286. The van der Waals surface area contributed by atoms with E-state index < -0.39 is 0 Å². The summed E-state index contributed by atoms with van der Waals surface area (Å²) in [6.45, 7) is 3.87. The van der Waals surface area contributed by atoms with Gasteiger partial charge in [-0.05, 0) is 31.5 Å². The van der Waals surface area contributed by atoms with Crippen LogP contribution in [0.1, 0.15) is 11.4 Å². The fourth-order valence-electron chi connectivity index (χ4n) is 1.92. The van der Waals surface area contributed by atoms with Gasteiger partial charge in [0.1, 0.15) is 17.4 Å². The van der Waals surface area contributed by atoms with Crippen LogP contribution in [0.5, 0.6) is 5.75 Å². The van der Waals surface area contributed by atoms with Gasteiger partial charge in [0, 0.05) is 18.7 Å². The summed E-state index contributed by atoms with van der Waals surface area (Å²) in [6.07, 6.45) is 0. The van der Waals surface area contributed by atoms with Crippen LogP contribution >= 0.6 is 11.6 Å². The Balaban J connectivity index is 2.58. The molecule has 2 rings (SSSR count). The van der Waals surface area contributed by atoms with Crippen molar-refractivity contribution < 1.29 is 4.74 Å². The Morgan fingerprint density at radius 3 is 2.53 bits per heavy atom. The van der Waals surface area contributed by atoms with E-state index in [-0.39, 0.29) is 0 Å². The number of anilines is 1. The van der Waals surface area contributed by atoms with E-state index >= 15 is 0 Å². The molecule has 1 N–H and O–H groups in total. The third-order valence-corrected chi connectivity index (χ3v) is 3.16. The van der Waals surface area contributed by atoms with Gasteiger partial charge < -0.3 is 10.1 Å². The zero-order valence-corrected chi connectivity index (χ0v) is 12.2. The zero-order valence-electron chi connectivity index (χ0n) is 11.4. The van der Waals surface area contributed by atoms with E-state index in [4.69, 9.17) is 16.3 Å². The van der Waals surface area contributed by atoms with Crippen molar-refractivity contribution in [2.24, 2.45) is 0 Å². The van der Waals surface area contributed by atoms with Crippen molar-refractivity contribution in [1.29, 1.82) is 0 Å². The second-order valence-corrected chi connectivity index (χ2v) is 4.64. The topological polar surface area (TPSA) is 47.0 Å². The molecule has 1 aromatic heterocycles. The highest BCUT2D eigenvalue weighted by molar-refractivity contribution is 6.32. The van der Waals surface area contributed by atoms with Crippen molar-refractivity contribution in [3.05, 3.63) is 34.6 Å². The van der Waals surface area contributed by atoms with Crippen LogP contribution in [0.2, 0.25) is 5.02 Å². The van der Waals surface area contributed by atoms with Crippen LogP contribution in [-0.2, 0) is 0 Å². The van der Waals surface area contributed by atoms with Crippen LogP contribution in [0, 0.1) is 13.8 Å². The van der Waals surface area contributed by atoms with Crippen LogP contribution in [-0.4, -0.2) is 24.1 Å². The molecule has 0 saturated heterocycles. The van der Waals surface area contributed by atoms with E-state index in [1.807, 2.05) is 39.1 Å². The van der Waals surface area contributed by atoms with Crippen LogP contribution in [0.25, 0.3) is 11.3 Å². The average Bonchev–Trinajstić information content (AvgIpc) is 2.40. The molecule has 0 spiro atoms. The summed E-state index contributed by atoms with van der Waals surface area (Å²) >= 11 is 6.18. The molecule has 0 bridgehead atoms. The second kappa shape index (κ2) is 5.45. The first-order chi connectivity index (χ1) is 9.05. The molecule has 0 amide bonds. The Bertz CT molecular complexity index is 614. The van der Waals surface area contributed by atoms with Crippen LogP contribution < -0.4 is 10.1 Å². The Hall–Kier alpha value is -1.81. The number of nitrogens with one attached hydrogen (secondary N) is 1. The minimum atomic E-state index is 0.574. The van der Waals surface area contributed by atoms with E-state index in [1.165, 1.54) is 0 Å². The van der Waals surface area contributed by atoms with Gasteiger partial charge in [-0.2, -0.15) is 0 Å². The maximum atomic E-state index is 6.18. The molecule has 1 aromatic carbocycles. The van der Waals surface area contributed by atoms with E-state index in [9.17, 15) is 0 Å². The van der Waals surface area contributed by atoms with Gasteiger partial charge in [-0.15, -0.1) is 0 Å². The monoisotopic (exact) mass is 277 g/mol. The second-order valence-electron chi connectivity index (χ2n) is 4.24. The zero-order chi connectivity index (χ0) is 14.0. The average molecular weight is 278 g/mol. The quantitative estimate of drug-likeness (QED) is 0.933. The standard InChI is InChI=1S/C14H16ClN3O/c1-8-5-13(19-4)11(15)6-10(8)12-7-14(16-3)18-9(2)17-12/h5-7H,1-4H3,(H,16,17,18). The largest absolute Gasteiger partial charge is 0.495 e. The number of halogens is 1. The summed E-state index contributed by atoms with van der Waals surface area (Å²) in [5, 5.41) is 3.60. The highest BCUT2D eigenvalue weighted by atomic mass is 35.5. The summed E-state index contributed by atoms with van der Waals surface area (Å²) in [6, 6.07) is 5.68. The third kappa shape index (κ3) is 2.79. The summed E-state index contributed by atoms with van der Waals surface area (Å²) in [5.41, 5.74) is 2.88. The maximum absolute atomic E-state index is 6.18. The molecule has 0 saturated carbocycles. The van der Waals surface area contributed by atoms with Crippen molar-refractivity contribution in [2.75, 3.05) is 19.5 Å². The van der Waals surface area contributed by atoms with E-state index in [1.54, 1.807) is 7.11 Å². The summed E-state index contributed by atoms with van der Waals surface area (Å²) in [5.74, 6) is 2.17. The molecule has 0 aliphatic heterocycles. The van der Waals surface area contributed by atoms with Gasteiger partial charge in [0.25, 0.3) is 0 Å². The first-order valence-corrected chi connectivity index (χ1v) is 6.31. The minimum absolute atomic E-state index is 0.574. The Labute approximate surface area is 117 Å². The Kier molecular flexibility index (Phi) is 3.90. The van der Waals surface area contributed by atoms with Crippen LogP contribution in [0.15, 0.2) is 18.2 Å². The number of aryl methyl sites for hydroxylation is 2. The Morgan fingerprint density at radius 2 is 1.89 bits per heavy atom. The molecule has 0 aliphatic carbocycles. The fourth-order valence-corrected chi connectivity index (χ4v) is 2.16. The molecule has 19 heavy (non-hydrogen) atoms. The number of rotatable bonds is 3.